The van der Waals surface area contributed by atoms with Gasteiger partial charge in [0.1, 0.15) is 12.4 Å². The van der Waals surface area contributed by atoms with E-state index in [0.717, 1.165) is 43.5 Å². The molecule has 1 saturated carbocycles. The van der Waals surface area contributed by atoms with Gasteiger partial charge in [-0.1, -0.05) is 50.1 Å². The molecule has 2 fully saturated rings. The summed E-state index contributed by atoms with van der Waals surface area (Å²) in [6.45, 7) is 2.65. The summed E-state index contributed by atoms with van der Waals surface area (Å²) in [5.41, 5.74) is 4.05. The fraction of sp³-hybridized carbons (Fsp3) is 0.550. The third-order valence-corrected chi connectivity index (χ3v) is 5.82. The van der Waals surface area contributed by atoms with Crippen LogP contribution in [0.15, 0.2) is 35.4 Å². The van der Waals surface area contributed by atoms with Gasteiger partial charge >= 0.3 is 0 Å². The third kappa shape index (κ3) is 3.38. The van der Waals surface area contributed by atoms with Gasteiger partial charge in [-0.05, 0) is 18.4 Å². The summed E-state index contributed by atoms with van der Waals surface area (Å²) in [7, 11) is 0. The van der Waals surface area contributed by atoms with E-state index < -0.39 is 6.17 Å². The van der Waals surface area contributed by atoms with Gasteiger partial charge in [0.15, 0.2) is 6.17 Å². The molecule has 3 atom stereocenters. The first kappa shape index (κ1) is 17.8. The molecule has 1 aromatic carbocycles. The molecule has 2 N–H and O–H groups in total. The van der Waals surface area contributed by atoms with Crippen molar-refractivity contribution in [3.8, 4) is 0 Å². The van der Waals surface area contributed by atoms with Gasteiger partial charge in [-0.2, -0.15) is 5.10 Å². The Morgan fingerprint density at radius 3 is 2.70 bits per heavy atom. The van der Waals surface area contributed by atoms with E-state index in [9.17, 15) is 9.59 Å². The number of amides is 2. The summed E-state index contributed by atoms with van der Waals surface area (Å²) in [4.78, 5) is 29.6. The largest absolute Gasteiger partial charge is 0.350 e. The highest BCUT2D eigenvalue weighted by molar-refractivity contribution is 5.95. The Morgan fingerprint density at radius 2 is 1.96 bits per heavy atom. The van der Waals surface area contributed by atoms with E-state index >= 15 is 0 Å². The van der Waals surface area contributed by atoms with Gasteiger partial charge in [0.2, 0.25) is 5.91 Å². The van der Waals surface area contributed by atoms with E-state index in [1.165, 1.54) is 0 Å². The zero-order chi connectivity index (χ0) is 18.8. The predicted molar refractivity (Wildman–Crippen MR) is 103 cm³/mol. The summed E-state index contributed by atoms with van der Waals surface area (Å²) in [6, 6.07) is 10.1. The number of piperazine rings is 1. The monoisotopic (exact) mass is 369 g/mol. The Hall–Kier alpha value is -2.57. The molecule has 0 bridgehead atoms. The highest BCUT2D eigenvalue weighted by Crippen LogP contribution is 2.34. The second-order valence-electron chi connectivity index (χ2n) is 7.47. The molecule has 1 saturated heterocycles. The van der Waals surface area contributed by atoms with Gasteiger partial charge in [-0.3, -0.25) is 15.0 Å². The van der Waals surface area contributed by atoms with Crippen molar-refractivity contribution in [2.24, 2.45) is 5.10 Å². The Kier molecular flexibility index (Phi) is 5.01. The van der Waals surface area contributed by atoms with E-state index in [1.807, 2.05) is 30.3 Å². The van der Waals surface area contributed by atoms with Gasteiger partial charge in [-0.15, -0.1) is 0 Å². The maximum atomic E-state index is 13.1. The third-order valence-electron chi connectivity index (χ3n) is 5.82. The zero-order valence-electron chi connectivity index (χ0n) is 15.7. The van der Waals surface area contributed by atoms with E-state index in [1.54, 1.807) is 4.90 Å². The predicted octanol–water partition coefficient (Wildman–Crippen LogP) is 1.41. The van der Waals surface area contributed by atoms with Crippen molar-refractivity contribution in [1.82, 2.24) is 20.5 Å². The van der Waals surface area contributed by atoms with Crippen molar-refractivity contribution >= 4 is 17.6 Å². The Bertz CT molecular complexity index is 735. The molecule has 1 aliphatic carbocycles. The number of hydrogen-bond donors (Lipinski definition) is 2. The van der Waals surface area contributed by atoms with Crippen molar-refractivity contribution in [2.45, 2.75) is 63.8 Å². The standard InChI is InChI=1S/C20H27N5O2/c1-2-17-22-23-19-20(27)24(15-10-6-7-11-16(15)25(17)19)13-18(26)21-12-14-8-4-3-5-9-14/h3-5,8-9,15-16,19,23H,2,6-7,10-13H2,1H3,(H,21,26). The molecule has 27 heavy (non-hydrogen) atoms. The Morgan fingerprint density at radius 1 is 1.22 bits per heavy atom. The molecule has 7 nitrogen and oxygen atoms in total. The maximum Gasteiger partial charge on any atom is 0.268 e. The molecule has 3 unspecified atom stereocenters. The molecule has 4 rings (SSSR count). The number of carbonyl (C=O) groups excluding carboxylic acids is 2. The van der Waals surface area contributed by atoms with Crippen LogP contribution in [-0.4, -0.2) is 52.2 Å². The molecule has 3 aliphatic rings. The number of nitrogens with zero attached hydrogens (tertiary/aromatic N) is 3. The summed E-state index contributed by atoms with van der Waals surface area (Å²) >= 11 is 0. The van der Waals surface area contributed by atoms with Crippen molar-refractivity contribution in [2.75, 3.05) is 6.54 Å². The first-order chi connectivity index (χ1) is 13.2. The van der Waals surface area contributed by atoms with Crippen LogP contribution in [0, 0.1) is 0 Å². The van der Waals surface area contributed by atoms with Gasteiger partial charge in [-0.25, -0.2) is 0 Å². The van der Waals surface area contributed by atoms with Crippen molar-refractivity contribution in [1.29, 1.82) is 0 Å². The molecule has 1 aromatic rings. The number of amidine groups is 1. The van der Waals surface area contributed by atoms with Crippen LogP contribution >= 0.6 is 0 Å². The molecule has 0 radical (unpaired) electrons. The highest BCUT2D eigenvalue weighted by atomic mass is 16.2. The van der Waals surface area contributed by atoms with Crippen LogP contribution in [0.3, 0.4) is 0 Å². The van der Waals surface area contributed by atoms with Crippen LogP contribution in [0.2, 0.25) is 0 Å². The van der Waals surface area contributed by atoms with E-state index in [-0.39, 0.29) is 30.4 Å². The van der Waals surface area contributed by atoms with E-state index in [0.29, 0.717) is 6.54 Å². The lowest BCUT2D eigenvalue weighted by Gasteiger charge is -2.51. The fourth-order valence-corrected chi connectivity index (χ4v) is 4.53. The minimum atomic E-state index is -0.457. The number of fused-ring (bicyclic) bond motifs is 3. The summed E-state index contributed by atoms with van der Waals surface area (Å²) in [6.07, 6.45) is 4.59. The Labute approximate surface area is 159 Å². The van der Waals surface area contributed by atoms with Crippen LogP contribution in [0.1, 0.15) is 44.6 Å². The highest BCUT2D eigenvalue weighted by Gasteiger charge is 2.50. The topological polar surface area (TPSA) is 77.0 Å². The lowest BCUT2D eigenvalue weighted by molar-refractivity contribution is -0.152. The lowest BCUT2D eigenvalue weighted by atomic mass is 9.85. The quantitative estimate of drug-likeness (QED) is 0.823. The van der Waals surface area contributed by atoms with Crippen LogP contribution in [-0.2, 0) is 16.1 Å². The average molecular weight is 369 g/mol. The minimum absolute atomic E-state index is 0.0415. The summed E-state index contributed by atoms with van der Waals surface area (Å²) in [5, 5.41) is 7.32. The molecule has 144 valence electrons. The van der Waals surface area contributed by atoms with Crippen LogP contribution < -0.4 is 10.7 Å². The molecule has 7 heteroatoms. The molecule has 2 amide bonds. The normalized spacial score (nSPS) is 26.8. The van der Waals surface area contributed by atoms with Gasteiger partial charge in [0, 0.05) is 13.0 Å². The molecule has 2 aliphatic heterocycles. The molecular weight excluding hydrogens is 342 g/mol. The first-order valence-electron chi connectivity index (χ1n) is 9.90. The van der Waals surface area contributed by atoms with Crippen molar-refractivity contribution < 1.29 is 9.59 Å². The second-order valence-corrected chi connectivity index (χ2v) is 7.47. The number of hydrazone groups is 1. The number of benzene rings is 1. The number of hydrogen-bond acceptors (Lipinski definition) is 5. The lowest BCUT2D eigenvalue weighted by Crippen LogP contribution is -2.69. The van der Waals surface area contributed by atoms with Crippen LogP contribution in [0.4, 0.5) is 0 Å². The SMILES string of the molecule is CCC1=NNC2C(=O)N(CC(=O)NCc3ccccc3)C3CCCCC3N12. The average Bonchev–Trinajstić information content (AvgIpc) is 3.15. The fourth-order valence-electron chi connectivity index (χ4n) is 4.53. The van der Waals surface area contributed by atoms with Crippen LogP contribution in [0.5, 0.6) is 0 Å². The number of nitrogens with one attached hydrogen (secondary N) is 2. The van der Waals surface area contributed by atoms with Gasteiger partial charge in [0.05, 0.1) is 12.1 Å². The smallest absolute Gasteiger partial charge is 0.268 e. The van der Waals surface area contributed by atoms with Crippen LogP contribution in [0.25, 0.3) is 0 Å². The molecule has 0 spiro atoms. The molecule has 0 aromatic heterocycles. The van der Waals surface area contributed by atoms with Crippen molar-refractivity contribution in [3.63, 3.8) is 0 Å². The van der Waals surface area contributed by atoms with Gasteiger partial charge in [0.25, 0.3) is 5.91 Å². The van der Waals surface area contributed by atoms with Crippen molar-refractivity contribution in [3.05, 3.63) is 35.9 Å². The summed E-state index contributed by atoms with van der Waals surface area (Å²) < 4.78 is 0. The van der Waals surface area contributed by atoms with E-state index in [2.05, 4.69) is 27.7 Å². The minimum Gasteiger partial charge on any atom is -0.350 e. The van der Waals surface area contributed by atoms with Gasteiger partial charge < -0.3 is 15.1 Å². The zero-order valence-corrected chi connectivity index (χ0v) is 15.7. The first-order valence-corrected chi connectivity index (χ1v) is 9.90. The summed E-state index contributed by atoms with van der Waals surface area (Å²) in [5.74, 6) is 0.804. The van der Waals surface area contributed by atoms with E-state index in [4.69, 9.17) is 0 Å². The Balaban J connectivity index is 1.45. The molecule has 2 heterocycles. The second kappa shape index (κ2) is 7.58. The number of carbonyl (C=O) groups is 2. The number of rotatable bonds is 5. The molecular formula is C20H27N5O2. The maximum absolute atomic E-state index is 13.1.